The number of halogens is 3. The Hall–Kier alpha value is -3.17. The number of urea groups is 1. The first-order valence-corrected chi connectivity index (χ1v) is 10.3. The van der Waals surface area contributed by atoms with Crippen LogP contribution in [0.2, 0.25) is 0 Å². The lowest BCUT2D eigenvalue weighted by Crippen LogP contribution is -2.85. The SMILES string of the molecule is Cn1cc(C(O)(c2ccc([NH2+]C(=O)NCC3CC3)c(C=N)c2)C(F)(F)F)c2ccccc21. The van der Waals surface area contributed by atoms with Crippen LogP contribution in [0.3, 0.4) is 0 Å². The number of nitrogens with two attached hydrogens (primary N) is 1. The molecule has 1 unspecified atom stereocenters. The number of hydrogen-bond donors (Lipinski definition) is 4. The molecule has 2 amide bonds. The van der Waals surface area contributed by atoms with Gasteiger partial charge in [-0.1, -0.05) is 18.2 Å². The molecule has 0 spiro atoms. The molecule has 4 rings (SSSR count). The van der Waals surface area contributed by atoms with Crippen molar-refractivity contribution in [2.24, 2.45) is 13.0 Å². The zero-order chi connectivity index (χ0) is 23.1. The van der Waals surface area contributed by atoms with Gasteiger partial charge >= 0.3 is 12.2 Å². The number of nitrogens with zero attached hydrogens (tertiary/aromatic N) is 1. The number of carbonyl (C=O) groups excluding carboxylic acids is 1. The van der Waals surface area contributed by atoms with Gasteiger partial charge in [-0.2, -0.15) is 13.2 Å². The molecule has 1 aromatic heterocycles. The smallest absolute Gasteiger partial charge is 0.372 e. The summed E-state index contributed by atoms with van der Waals surface area (Å²) < 4.78 is 44.6. The van der Waals surface area contributed by atoms with Gasteiger partial charge in [-0.15, -0.1) is 0 Å². The Morgan fingerprint density at radius 3 is 2.66 bits per heavy atom. The van der Waals surface area contributed by atoms with Crippen LogP contribution >= 0.6 is 0 Å². The van der Waals surface area contributed by atoms with E-state index in [1.54, 1.807) is 25.2 Å². The van der Waals surface area contributed by atoms with Gasteiger partial charge < -0.3 is 20.4 Å². The van der Waals surface area contributed by atoms with Crippen molar-refractivity contribution >= 4 is 28.8 Å². The van der Waals surface area contributed by atoms with Crippen LogP contribution in [-0.2, 0) is 12.6 Å². The first kappa shape index (κ1) is 22.0. The number of primary amides is 1. The van der Waals surface area contributed by atoms with Gasteiger partial charge in [0, 0.05) is 48.5 Å². The van der Waals surface area contributed by atoms with Gasteiger partial charge in [-0.25, -0.2) is 10.1 Å². The Balaban J connectivity index is 1.75. The monoisotopic (exact) mass is 445 g/mol. The van der Waals surface area contributed by atoms with Crippen molar-refractivity contribution < 1.29 is 28.4 Å². The Labute approximate surface area is 182 Å². The molecule has 1 atom stereocenters. The Bertz CT molecular complexity index is 1180. The highest BCUT2D eigenvalue weighted by atomic mass is 19.4. The molecule has 1 fully saturated rings. The zero-order valence-corrected chi connectivity index (χ0v) is 17.4. The van der Waals surface area contributed by atoms with E-state index in [4.69, 9.17) is 5.41 Å². The summed E-state index contributed by atoms with van der Waals surface area (Å²) in [6, 6.07) is 9.77. The molecular formula is C23H24F3N4O2+. The number of para-hydroxylation sites is 1. The second kappa shape index (κ2) is 8.07. The molecule has 9 heteroatoms. The van der Waals surface area contributed by atoms with Gasteiger partial charge in [0.15, 0.2) is 0 Å². The number of hydrogen-bond acceptors (Lipinski definition) is 3. The standard InChI is InChI=1S/C23H23F3N4O2/c1-30-13-18(17-4-2-3-5-20(17)30)22(32,23(24,25)26)16-8-9-19(15(10-16)11-27)29-21(31)28-12-14-6-7-14/h2-5,8-11,13-14,27,32H,6-7,12H2,1H3,(H2,28,29,31)/p+1. The predicted molar refractivity (Wildman–Crippen MR) is 114 cm³/mol. The largest absolute Gasteiger partial charge is 0.425 e. The summed E-state index contributed by atoms with van der Waals surface area (Å²) in [5.41, 5.74) is -3.05. The highest BCUT2D eigenvalue weighted by Crippen LogP contribution is 2.47. The maximum Gasteiger partial charge on any atom is 0.425 e. The Morgan fingerprint density at radius 1 is 1.28 bits per heavy atom. The molecule has 0 radical (unpaired) electrons. The van der Waals surface area contributed by atoms with Crippen molar-refractivity contribution in [3.8, 4) is 0 Å². The van der Waals surface area contributed by atoms with E-state index in [-0.39, 0.29) is 22.5 Å². The number of carbonyl (C=O) groups is 1. The minimum atomic E-state index is -5.02. The highest BCUT2D eigenvalue weighted by molar-refractivity contribution is 5.87. The van der Waals surface area contributed by atoms with Gasteiger partial charge in [0.25, 0.3) is 0 Å². The molecule has 1 heterocycles. The molecule has 2 aromatic carbocycles. The van der Waals surface area contributed by atoms with Gasteiger partial charge in [-0.05, 0) is 42.5 Å². The van der Waals surface area contributed by atoms with E-state index in [1.165, 1.54) is 28.2 Å². The molecule has 3 aromatic rings. The summed E-state index contributed by atoms with van der Waals surface area (Å²) in [5, 5.41) is 23.1. The van der Waals surface area contributed by atoms with E-state index >= 15 is 0 Å². The summed E-state index contributed by atoms with van der Waals surface area (Å²) in [6.07, 6.45) is -0.726. The third-order valence-electron chi connectivity index (χ3n) is 5.91. The third kappa shape index (κ3) is 3.89. The summed E-state index contributed by atoms with van der Waals surface area (Å²) in [7, 11) is 1.62. The lowest BCUT2D eigenvalue weighted by Gasteiger charge is -2.31. The molecule has 0 bridgehead atoms. The van der Waals surface area contributed by atoms with Gasteiger partial charge in [0.2, 0.25) is 5.60 Å². The van der Waals surface area contributed by atoms with Gasteiger partial charge in [0.1, 0.15) is 5.69 Å². The fourth-order valence-corrected chi connectivity index (χ4v) is 3.92. The van der Waals surface area contributed by atoms with Crippen LogP contribution < -0.4 is 10.6 Å². The molecule has 1 aliphatic rings. The number of alkyl halides is 3. The quantitative estimate of drug-likeness (QED) is 0.346. The topological polar surface area (TPSA) is 94.7 Å². The van der Waals surface area contributed by atoms with Gasteiger partial charge in [-0.3, -0.25) is 0 Å². The number of amides is 2. The van der Waals surface area contributed by atoms with E-state index in [1.807, 2.05) is 0 Å². The molecule has 6 nitrogen and oxygen atoms in total. The van der Waals surface area contributed by atoms with Crippen LogP contribution in [0.5, 0.6) is 0 Å². The molecule has 1 saturated carbocycles. The zero-order valence-electron chi connectivity index (χ0n) is 17.4. The van der Waals surface area contributed by atoms with Crippen LogP contribution in [0.25, 0.3) is 10.9 Å². The maximum absolute atomic E-state index is 14.4. The lowest BCUT2D eigenvalue weighted by atomic mass is 9.84. The summed E-state index contributed by atoms with van der Waals surface area (Å²) >= 11 is 0. The number of rotatable bonds is 6. The van der Waals surface area contributed by atoms with Crippen LogP contribution in [-0.4, -0.2) is 34.6 Å². The summed E-state index contributed by atoms with van der Waals surface area (Å²) in [4.78, 5) is 12.2. The van der Waals surface area contributed by atoms with Gasteiger partial charge in [0.05, 0.1) is 5.56 Å². The van der Waals surface area contributed by atoms with Crippen LogP contribution in [0.4, 0.5) is 23.7 Å². The normalized spacial score (nSPS) is 16.0. The lowest BCUT2D eigenvalue weighted by molar-refractivity contribution is -0.464. The third-order valence-corrected chi connectivity index (χ3v) is 5.91. The average Bonchev–Trinajstić information content (AvgIpc) is 3.53. The maximum atomic E-state index is 14.4. The molecule has 168 valence electrons. The van der Waals surface area contributed by atoms with Crippen LogP contribution in [0.15, 0.2) is 48.7 Å². The molecule has 32 heavy (non-hydrogen) atoms. The van der Waals surface area contributed by atoms with Crippen molar-refractivity contribution in [2.45, 2.75) is 24.6 Å². The van der Waals surface area contributed by atoms with Crippen molar-refractivity contribution in [2.75, 3.05) is 6.54 Å². The first-order valence-electron chi connectivity index (χ1n) is 10.3. The van der Waals surface area contributed by atoms with E-state index < -0.39 is 17.3 Å². The minimum absolute atomic E-state index is 0.104. The number of aryl methyl sites for hydroxylation is 1. The van der Waals surface area contributed by atoms with Crippen LogP contribution in [0, 0.1) is 11.3 Å². The first-order chi connectivity index (χ1) is 15.1. The van der Waals surface area contributed by atoms with Crippen molar-refractivity contribution in [1.82, 2.24) is 9.88 Å². The van der Waals surface area contributed by atoms with Crippen molar-refractivity contribution in [3.63, 3.8) is 0 Å². The van der Waals surface area contributed by atoms with E-state index in [9.17, 15) is 23.1 Å². The number of quaternary nitrogens is 1. The average molecular weight is 445 g/mol. The van der Waals surface area contributed by atoms with Crippen molar-refractivity contribution in [3.05, 3.63) is 65.4 Å². The van der Waals surface area contributed by atoms with E-state index in [0.29, 0.717) is 23.7 Å². The fraction of sp³-hybridized carbons (Fsp3) is 0.304. The second-order valence-corrected chi connectivity index (χ2v) is 8.20. The molecular weight excluding hydrogens is 421 g/mol. The molecule has 1 aliphatic carbocycles. The molecule has 5 N–H and O–H groups in total. The number of aliphatic hydroxyl groups is 1. The number of nitrogens with one attached hydrogen (secondary N) is 2. The number of benzene rings is 2. The predicted octanol–water partition coefficient (Wildman–Crippen LogP) is 3.29. The van der Waals surface area contributed by atoms with E-state index in [0.717, 1.165) is 31.2 Å². The number of aromatic nitrogens is 1. The van der Waals surface area contributed by atoms with Crippen LogP contribution in [0.1, 0.15) is 29.5 Å². The Kier molecular flexibility index (Phi) is 5.56. The molecule has 0 saturated heterocycles. The van der Waals surface area contributed by atoms with E-state index in [2.05, 4.69) is 5.32 Å². The highest BCUT2D eigenvalue weighted by Gasteiger charge is 2.57. The summed E-state index contributed by atoms with van der Waals surface area (Å²) in [6.45, 7) is 0.558. The second-order valence-electron chi connectivity index (χ2n) is 8.20. The molecule has 0 aliphatic heterocycles. The Morgan fingerprint density at radius 2 is 2.00 bits per heavy atom. The minimum Gasteiger partial charge on any atom is -0.372 e. The number of fused-ring (bicyclic) bond motifs is 1. The summed E-state index contributed by atoms with van der Waals surface area (Å²) in [5.74, 6) is 0.486. The van der Waals surface area contributed by atoms with Crippen molar-refractivity contribution in [1.29, 1.82) is 5.41 Å². The fourth-order valence-electron chi connectivity index (χ4n) is 3.92.